The van der Waals surface area contributed by atoms with E-state index in [1.165, 1.54) is 55.2 Å². The first-order chi connectivity index (χ1) is 15.5. The SMILES string of the molecule is Cc1ccc(S(=O)(=O)[N-]Cl)cc1.[Na+].c1cc2cccc3c4cccc5cccc(c(c1)c23)c54. The van der Waals surface area contributed by atoms with Crippen molar-refractivity contribution in [3.05, 3.63) is 107 Å². The summed E-state index contributed by atoms with van der Waals surface area (Å²) in [4.78, 5) is 0.114. The number of halogens is 1. The van der Waals surface area contributed by atoms with E-state index < -0.39 is 10.0 Å². The molecule has 0 unspecified atom stereocenters. The molecule has 158 valence electrons. The van der Waals surface area contributed by atoms with Gasteiger partial charge in [0.1, 0.15) is 10.0 Å². The van der Waals surface area contributed by atoms with E-state index in [2.05, 4.69) is 77.0 Å². The summed E-state index contributed by atoms with van der Waals surface area (Å²) >= 11 is 4.90. The molecule has 0 bridgehead atoms. The molecule has 0 fully saturated rings. The van der Waals surface area contributed by atoms with Crippen LogP contribution in [0.3, 0.4) is 0 Å². The number of sulfonamides is 1. The van der Waals surface area contributed by atoms with Crippen molar-refractivity contribution in [1.82, 2.24) is 0 Å². The Balaban J connectivity index is 0.000000174. The summed E-state index contributed by atoms with van der Waals surface area (Å²) in [5.74, 6) is 0. The van der Waals surface area contributed by atoms with E-state index in [1.54, 1.807) is 12.1 Å². The zero-order valence-electron chi connectivity index (χ0n) is 18.3. The van der Waals surface area contributed by atoms with Crippen LogP contribution in [0.2, 0.25) is 0 Å². The van der Waals surface area contributed by atoms with Crippen molar-refractivity contribution in [3.63, 3.8) is 0 Å². The zero-order valence-corrected chi connectivity index (χ0v) is 21.9. The van der Waals surface area contributed by atoms with Gasteiger partial charge in [0.2, 0.25) is 0 Å². The van der Waals surface area contributed by atoms with E-state index in [0.29, 0.717) is 0 Å². The summed E-state index contributed by atoms with van der Waals surface area (Å²) in [6.07, 6.45) is 0. The van der Waals surface area contributed by atoms with E-state index in [9.17, 15) is 8.42 Å². The third-order valence-corrected chi connectivity index (χ3v) is 7.39. The van der Waals surface area contributed by atoms with Crippen LogP contribution in [0.15, 0.2) is 102 Å². The molecule has 3 nitrogen and oxygen atoms in total. The van der Waals surface area contributed by atoms with Gasteiger partial charge in [-0.2, -0.15) is 0 Å². The maximum absolute atomic E-state index is 11.0. The molecule has 0 radical (unpaired) electrons. The fourth-order valence-electron chi connectivity index (χ4n) is 4.33. The normalized spacial score (nSPS) is 11.5. The van der Waals surface area contributed by atoms with Crippen LogP contribution in [0.5, 0.6) is 0 Å². The van der Waals surface area contributed by atoms with E-state index in [1.807, 2.05) is 6.92 Å². The predicted molar refractivity (Wildman–Crippen MR) is 135 cm³/mol. The minimum Gasteiger partial charge on any atom is -0.458 e. The summed E-state index contributed by atoms with van der Waals surface area (Å²) < 4.78 is 24.8. The Hall–Kier alpha value is -2.18. The molecule has 6 rings (SSSR count). The monoisotopic (exact) mass is 479 g/mol. The number of nitrogens with zero attached hydrogens (tertiary/aromatic N) is 1. The number of fused-ring (bicyclic) bond motifs is 2. The average molecular weight is 480 g/mol. The van der Waals surface area contributed by atoms with Crippen molar-refractivity contribution >= 4 is 64.9 Å². The first-order valence-electron chi connectivity index (χ1n) is 10.2. The minimum atomic E-state index is -3.62. The van der Waals surface area contributed by atoms with Crippen LogP contribution >= 0.6 is 11.8 Å². The molecule has 6 aromatic rings. The van der Waals surface area contributed by atoms with Crippen LogP contribution < -0.4 is 29.6 Å². The van der Waals surface area contributed by atoms with Gasteiger partial charge in [-0.1, -0.05) is 90.5 Å². The molecule has 0 heterocycles. The summed E-state index contributed by atoms with van der Waals surface area (Å²) in [5, 5.41) is 10.9. The van der Waals surface area contributed by atoms with Crippen LogP contribution in [0, 0.1) is 6.92 Å². The third-order valence-electron chi connectivity index (χ3n) is 5.80. The Kier molecular flexibility index (Phi) is 6.96. The number of hydrogen-bond donors (Lipinski definition) is 0. The quantitative estimate of drug-likeness (QED) is 0.200. The van der Waals surface area contributed by atoms with E-state index in [4.69, 9.17) is 11.8 Å². The van der Waals surface area contributed by atoms with Crippen LogP contribution in [-0.2, 0) is 10.0 Å². The molecule has 33 heavy (non-hydrogen) atoms. The molecule has 0 amide bonds. The second kappa shape index (κ2) is 9.59. The molecule has 0 aromatic heterocycles. The molecule has 0 N–H and O–H groups in total. The maximum atomic E-state index is 11.0. The second-order valence-electron chi connectivity index (χ2n) is 7.78. The largest absolute Gasteiger partial charge is 1.00 e. The van der Waals surface area contributed by atoms with Crippen molar-refractivity contribution in [3.8, 4) is 0 Å². The van der Waals surface area contributed by atoms with Crippen molar-refractivity contribution in [1.29, 1.82) is 0 Å². The third kappa shape index (κ3) is 4.35. The Morgan fingerprint density at radius 1 is 0.606 bits per heavy atom. The van der Waals surface area contributed by atoms with Crippen LogP contribution in [-0.4, -0.2) is 8.42 Å². The van der Waals surface area contributed by atoms with Gasteiger partial charge in [0.05, 0.1) is 0 Å². The van der Waals surface area contributed by atoms with Gasteiger partial charge in [-0.25, -0.2) is 8.42 Å². The summed E-state index contributed by atoms with van der Waals surface area (Å²) in [6.45, 7) is 1.87. The van der Waals surface area contributed by atoms with Gasteiger partial charge in [0, 0.05) is 4.90 Å². The van der Waals surface area contributed by atoms with Gasteiger partial charge >= 0.3 is 29.6 Å². The Morgan fingerprint density at radius 3 is 1.30 bits per heavy atom. The molecular formula is C27H19ClNNaO2S. The van der Waals surface area contributed by atoms with Gasteiger partial charge in [-0.3, -0.25) is 11.8 Å². The molecule has 0 saturated carbocycles. The topological polar surface area (TPSA) is 48.2 Å². The van der Waals surface area contributed by atoms with Crippen LogP contribution in [0.25, 0.3) is 47.3 Å². The molecule has 0 aliphatic rings. The molecule has 0 atom stereocenters. The van der Waals surface area contributed by atoms with Crippen molar-refractivity contribution < 1.29 is 38.0 Å². The first kappa shape index (κ1) is 24.0. The molecule has 0 aliphatic heterocycles. The van der Waals surface area contributed by atoms with E-state index in [0.717, 1.165) is 5.56 Å². The number of aryl methyl sites for hydroxylation is 1. The summed E-state index contributed by atoms with van der Waals surface area (Å²) in [5.41, 5.74) is 0.989. The zero-order chi connectivity index (χ0) is 22.3. The number of hydrogen-bond acceptors (Lipinski definition) is 2. The molecular weight excluding hydrogens is 461 g/mol. The Bertz CT molecular complexity index is 1510. The van der Waals surface area contributed by atoms with Crippen LogP contribution in [0.1, 0.15) is 5.56 Å². The smallest absolute Gasteiger partial charge is 0.458 e. The van der Waals surface area contributed by atoms with Gasteiger partial charge in [0.25, 0.3) is 0 Å². The van der Waals surface area contributed by atoms with Gasteiger partial charge < -0.3 is 4.24 Å². The second-order valence-corrected chi connectivity index (χ2v) is 9.75. The average Bonchev–Trinajstić information content (AvgIpc) is 2.83. The summed E-state index contributed by atoms with van der Waals surface area (Å²) in [6, 6.07) is 32.8. The standard InChI is InChI=1S/C20H12.C7H7ClNO2S.Na/c1-5-13-6-2-11-17-18-12-4-8-14-7-3-10-16(20(14)18)15(9-1)19(13)17;1-6-2-4-7(5-3-6)12(10,11)9-8;/h1-12H;2-5H,1H3;/q;-1;+1. The van der Waals surface area contributed by atoms with Crippen molar-refractivity contribution in [2.75, 3.05) is 0 Å². The van der Waals surface area contributed by atoms with Gasteiger partial charge in [-0.05, 0) is 62.1 Å². The molecule has 6 aromatic carbocycles. The number of rotatable bonds is 2. The first-order valence-corrected chi connectivity index (χ1v) is 12.0. The van der Waals surface area contributed by atoms with E-state index in [-0.39, 0.29) is 34.5 Å². The minimum absolute atomic E-state index is 0. The fraction of sp³-hybridized carbons (Fsp3) is 0.0370. The molecule has 0 saturated heterocycles. The summed E-state index contributed by atoms with van der Waals surface area (Å²) in [7, 11) is -3.62. The maximum Gasteiger partial charge on any atom is 1.00 e. The van der Waals surface area contributed by atoms with Crippen LogP contribution in [0.4, 0.5) is 0 Å². The molecule has 0 aliphatic carbocycles. The molecule has 0 spiro atoms. The van der Waals surface area contributed by atoms with Crippen molar-refractivity contribution in [2.24, 2.45) is 0 Å². The van der Waals surface area contributed by atoms with Crippen molar-refractivity contribution in [2.45, 2.75) is 11.8 Å². The Morgan fingerprint density at radius 2 is 0.970 bits per heavy atom. The van der Waals surface area contributed by atoms with Gasteiger partial charge in [0.15, 0.2) is 0 Å². The van der Waals surface area contributed by atoms with E-state index >= 15 is 0 Å². The fourth-order valence-corrected chi connectivity index (χ4v) is 5.13. The Labute approximate surface area is 220 Å². The predicted octanol–water partition coefficient (Wildman–Crippen LogP) is 4.95. The van der Waals surface area contributed by atoms with Gasteiger partial charge in [-0.15, -0.1) is 0 Å². The number of benzene rings is 6. The molecule has 6 heteroatoms.